The van der Waals surface area contributed by atoms with Gasteiger partial charge in [-0.2, -0.15) is 13.2 Å². The molecule has 0 saturated heterocycles. The fraction of sp³-hybridized carbons (Fsp3) is 0.500. The molecule has 1 aromatic carbocycles. The predicted octanol–water partition coefficient (Wildman–Crippen LogP) is 3.16. The first-order valence-corrected chi connectivity index (χ1v) is 6.41. The standard InChI is InChI=1S/C12H16F3NOS/c1-9(6-7-17)16-8-10-2-4-11(5-3-10)18-12(13,14)15/h2-5,9,16-17H,6-8H2,1H3/t9-/m1/s1. The van der Waals surface area contributed by atoms with E-state index in [9.17, 15) is 13.2 Å². The van der Waals surface area contributed by atoms with Crippen LogP contribution in [-0.4, -0.2) is 23.3 Å². The van der Waals surface area contributed by atoms with E-state index >= 15 is 0 Å². The third-order valence-electron chi connectivity index (χ3n) is 2.37. The molecular formula is C12H16F3NOS. The molecule has 0 unspecified atom stereocenters. The number of alkyl halides is 3. The second kappa shape index (κ2) is 7.01. The van der Waals surface area contributed by atoms with Crippen molar-refractivity contribution in [3.05, 3.63) is 29.8 Å². The summed E-state index contributed by atoms with van der Waals surface area (Å²) in [6.45, 7) is 2.65. The van der Waals surface area contributed by atoms with E-state index in [-0.39, 0.29) is 29.3 Å². The maximum absolute atomic E-state index is 12.1. The highest BCUT2D eigenvalue weighted by molar-refractivity contribution is 8.00. The zero-order chi connectivity index (χ0) is 13.6. The van der Waals surface area contributed by atoms with Gasteiger partial charge < -0.3 is 10.4 Å². The smallest absolute Gasteiger partial charge is 0.396 e. The highest BCUT2D eigenvalue weighted by atomic mass is 32.2. The summed E-state index contributed by atoms with van der Waals surface area (Å²) in [7, 11) is 0. The van der Waals surface area contributed by atoms with Crippen LogP contribution in [0.3, 0.4) is 0 Å². The molecule has 0 amide bonds. The van der Waals surface area contributed by atoms with Crippen molar-refractivity contribution in [2.75, 3.05) is 6.61 Å². The molecule has 0 aromatic heterocycles. The van der Waals surface area contributed by atoms with Crippen LogP contribution in [0.1, 0.15) is 18.9 Å². The maximum Gasteiger partial charge on any atom is 0.446 e. The Bertz CT molecular complexity index is 353. The maximum atomic E-state index is 12.1. The first-order valence-electron chi connectivity index (χ1n) is 5.59. The van der Waals surface area contributed by atoms with Crippen LogP contribution in [0.2, 0.25) is 0 Å². The molecular weight excluding hydrogens is 263 g/mol. The quantitative estimate of drug-likeness (QED) is 0.785. The van der Waals surface area contributed by atoms with Gasteiger partial charge in [-0.25, -0.2) is 0 Å². The van der Waals surface area contributed by atoms with E-state index in [0.717, 1.165) is 5.56 Å². The molecule has 0 aliphatic rings. The van der Waals surface area contributed by atoms with Gasteiger partial charge in [0.25, 0.3) is 0 Å². The summed E-state index contributed by atoms with van der Waals surface area (Å²) in [4.78, 5) is 0.189. The molecule has 18 heavy (non-hydrogen) atoms. The van der Waals surface area contributed by atoms with Crippen LogP contribution in [0.4, 0.5) is 13.2 Å². The van der Waals surface area contributed by atoms with Gasteiger partial charge in [-0.05, 0) is 42.8 Å². The Morgan fingerprint density at radius 3 is 2.39 bits per heavy atom. The lowest BCUT2D eigenvalue weighted by atomic mass is 10.2. The number of halogens is 3. The van der Waals surface area contributed by atoms with Crippen LogP contribution in [0, 0.1) is 0 Å². The van der Waals surface area contributed by atoms with Gasteiger partial charge in [0.2, 0.25) is 0 Å². The van der Waals surface area contributed by atoms with Gasteiger partial charge in [-0.3, -0.25) is 0 Å². The number of thioether (sulfide) groups is 1. The Labute approximate surface area is 109 Å². The third-order valence-corrected chi connectivity index (χ3v) is 3.11. The predicted molar refractivity (Wildman–Crippen MR) is 66.4 cm³/mol. The summed E-state index contributed by atoms with van der Waals surface area (Å²) < 4.78 is 36.3. The molecule has 2 N–H and O–H groups in total. The highest BCUT2D eigenvalue weighted by Crippen LogP contribution is 2.36. The topological polar surface area (TPSA) is 32.3 Å². The average Bonchev–Trinajstić information content (AvgIpc) is 2.26. The zero-order valence-electron chi connectivity index (χ0n) is 10.00. The molecule has 0 spiro atoms. The second-order valence-electron chi connectivity index (χ2n) is 3.99. The Morgan fingerprint density at radius 2 is 1.89 bits per heavy atom. The Morgan fingerprint density at radius 1 is 1.28 bits per heavy atom. The van der Waals surface area contributed by atoms with Crippen molar-refractivity contribution in [2.45, 2.75) is 36.3 Å². The minimum Gasteiger partial charge on any atom is -0.396 e. The number of hydrogen-bond donors (Lipinski definition) is 2. The SMILES string of the molecule is C[C@H](CCO)NCc1ccc(SC(F)(F)F)cc1. The van der Waals surface area contributed by atoms with Crippen LogP contribution >= 0.6 is 11.8 Å². The van der Waals surface area contributed by atoms with Gasteiger partial charge in [0.15, 0.2) is 0 Å². The average molecular weight is 279 g/mol. The summed E-state index contributed by atoms with van der Waals surface area (Å²) in [6.07, 6.45) is 0.655. The van der Waals surface area contributed by atoms with Crippen LogP contribution in [0.25, 0.3) is 0 Å². The van der Waals surface area contributed by atoms with Crippen LogP contribution < -0.4 is 5.32 Å². The molecule has 0 aliphatic heterocycles. The van der Waals surface area contributed by atoms with Crippen LogP contribution in [0.5, 0.6) is 0 Å². The molecule has 1 aromatic rings. The number of benzene rings is 1. The molecule has 6 heteroatoms. The number of nitrogens with one attached hydrogen (secondary N) is 1. The van der Waals surface area contributed by atoms with Crippen molar-refractivity contribution in [3.8, 4) is 0 Å². The van der Waals surface area contributed by atoms with Gasteiger partial charge in [-0.15, -0.1) is 0 Å². The lowest BCUT2D eigenvalue weighted by molar-refractivity contribution is -0.0328. The molecule has 1 rings (SSSR count). The largest absolute Gasteiger partial charge is 0.446 e. The number of aliphatic hydroxyl groups is 1. The summed E-state index contributed by atoms with van der Waals surface area (Å²) in [5.41, 5.74) is -3.32. The van der Waals surface area contributed by atoms with E-state index in [1.165, 1.54) is 12.1 Å². The molecule has 1 atom stereocenters. The van der Waals surface area contributed by atoms with Gasteiger partial charge >= 0.3 is 5.51 Å². The first-order chi connectivity index (χ1) is 8.40. The lowest BCUT2D eigenvalue weighted by Gasteiger charge is -2.12. The van der Waals surface area contributed by atoms with Gasteiger partial charge in [-0.1, -0.05) is 12.1 Å². The molecule has 0 aliphatic carbocycles. The Kier molecular flexibility index (Phi) is 5.98. The fourth-order valence-electron chi connectivity index (χ4n) is 1.40. The first kappa shape index (κ1) is 15.3. The van der Waals surface area contributed by atoms with Crippen LogP contribution in [0.15, 0.2) is 29.2 Å². The Balaban J connectivity index is 2.45. The van der Waals surface area contributed by atoms with E-state index in [4.69, 9.17) is 5.11 Å². The van der Waals surface area contributed by atoms with E-state index in [1.807, 2.05) is 6.92 Å². The molecule has 0 radical (unpaired) electrons. The van der Waals surface area contributed by atoms with Crippen LogP contribution in [-0.2, 0) is 6.54 Å². The monoisotopic (exact) mass is 279 g/mol. The Hall–Kier alpha value is -0.720. The van der Waals surface area contributed by atoms with E-state index in [1.54, 1.807) is 12.1 Å². The third kappa shape index (κ3) is 6.28. The minimum absolute atomic E-state index is 0.112. The summed E-state index contributed by atoms with van der Waals surface area (Å²) in [6, 6.07) is 6.45. The summed E-state index contributed by atoms with van der Waals surface area (Å²) >= 11 is -0.112. The van der Waals surface area contributed by atoms with Gasteiger partial charge in [0.1, 0.15) is 0 Å². The molecule has 0 saturated carbocycles. The minimum atomic E-state index is -4.24. The normalized spacial score (nSPS) is 13.6. The summed E-state index contributed by atoms with van der Waals surface area (Å²) in [5.74, 6) is 0. The molecule has 102 valence electrons. The van der Waals surface area contributed by atoms with Crippen molar-refractivity contribution >= 4 is 11.8 Å². The molecule has 0 heterocycles. The van der Waals surface area contributed by atoms with Crippen molar-refractivity contribution in [3.63, 3.8) is 0 Å². The fourth-order valence-corrected chi connectivity index (χ4v) is 1.94. The molecule has 0 fully saturated rings. The van der Waals surface area contributed by atoms with Gasteiger partial charge in [0.05, 0.1) is 0 Å². The highest BCUT2D eigenvalue weighted by Gasteiger charge is 2.28. The van der Waals surface area contributed by atoms with Gasteiger partial charge in [0, 0.05) is 24.1 Å². The second-order valence-corrected chi connectivity index (χ2v) is 5.12. The molecule has 2 nitrogen and oxygen atoms in total. The lowest BCUT2D eigenvalue weighted by Crippen LogP contribution is -2.26. The summed E-state index contributed by atoms with van der Waals surface area (Å²) in [5, 5.41) is 11.9. The zero-order valence-corrected chi connectivity index (χ0v) is 10.8. The van der Waals surface area contributed by atoms with E-state index < -0.39 is 5.51 Å². The van der Waals surface area contributed by atoms with Crippen molar-refractivity contribution in [1.82, 2.24) is 5.32 Å². The molecule has 0 bridgehead atoms. The van der Waals surface area contributed by atoms with E-state index in [0.29, 0.717) is 13.0 Å². The van der Waals surface area contributed by atoms with Crippen molar-refractivity contribution < 1.29 is 18.3 Å². The van der Waals surface area contributed by atoms with E-state index in [2.05, 4.69) is 5.32 Å². The van der Waals surface area contributed by atoms with Crippen molar-refractivity contribution in [1.29, 1.82) is 0 Å². The number of hydrogen-bond acceptors (Lipinski definition) is 3. The van der Waals surface area contributed by atoms with Crippen molar-refractivity contribution in [2.24, 2.45) is 0 Å². The number of aliphatic hydroxyl groups excluding tert-OH is 1. The number of rotatable bonds is 6.